The minimum Gasteiger partial charge on any atom is -0.377 e. The second-order valence-electron chi connectivity index (χ2n) is 9.49. The molecule has 0 aliphatic carbocycles. The molecule has 0 aromatic heterocycles. The molecule has 0 unspecified atom stereocenters. The molecule has 1 nitrogen and oxygen atoms in total. The first-order chi connectivity index (χ1) is 13.4. The summed E-state index contributed by atoms with van der Waals surface area (Å²) in [4.78, 5) is 0. The first-order valence-electron chi connectivity index (χ1n) is 12.3. The number of rotatable bonds is 22. The molecule has 0 bridgehead atoms. The van der Waals surface area contributed by atoms with Crippen molar-refractivity contribution in [3.63, 3.8) is 0 Å². The van der Waals surface area contributed by atoms with E-state index in [0.29, 0.717) is 0 Å². The molecule has 0 atom stereocenters. The maximum absolute atomic E-state index is 5.54. The van der Waals surface area contributed by atoms with Gasteiger partial charge in [-0.05, 0) is 19.4 Å². The molecular weight excluding hydrogens is 471 g/mol. The molecule has 0 saturated carbocycles. The van der Waals surface area contributed by atoms with Crippen molar-refractivity contribution < 1.29 is 4.74 Å². The van der Waals surface area contributed by atoms with Crippen molar-refractivity contribution in [3.05, 3.63) is 12.2 Å². The fourth-order valence-corrected chi connectivity index (χ4v) is 5.88. The van der Waals surface area contributed by atoms with E-state index < -0.39 is 5.57 Å². The molecule has 3 heteroatoms. The standard InChI is InChI=1S/C25H51IOSi/c1-25(2)24-27-22-20-18-16-14-12-10-8-6-5-7-9-11-13-15-17-19-21-23-28(3,4)26/h1,5-24H2,2-4H3. The van der Waals surface area contributed by atoms with Gasteiger partial charge in [-0.3, -0.25) is 0 Å². The number of hydrogen-bond acceptors (Lipinski definition) is 1. The Morgan fingerprint density at radius 2 is 0.964 bits per heavy atom. The second kappa shape index (κ2) is 20.9. The minimum absolute atomic E-state index is 0.735. The molecule has 0 heterocycles. The average Bonchev–Trinajstić information content (AvgIpc) is 2.61. The van der Waals surface area contributed by atoms with Crippen LogP contribution in [0.5, 0.6) is 0 Å². The van der Waals surface area contributed by atoms with Crippen LogP contribution in [0.2, 0.25) is 19.1 Å². The van der Waals surface area contributed by atoms with E-state index in [1.807, 2.05) is 6.92 Å². The Kier molecular flexibility index (Phi) is 21.4. The van der Waals surface area contributed by atoms with Crippen LogP contribution in [0.25, 0.3) is 0 Å². The summed E-state index contributed by atoms with van der Waals surface area (Å²) >= 11 is 2.72. The lowest BCUT2D eigenvalue weighted by Gasteiger charge is -2.12. The van der Waals surface area contributed by atoms with Gasteiger partial charge in [0.25, 0.3) is 0 Å². The highest BCUT2D eigenvalue weighted by Gasteiger charge is 2.14. The lowest BCUT2D eigenvalue weighted by molar-refractivity contribution is 0.151. The van der Waals surface area contributed by atoms with Crippen LogP contribution in [-0.4, -0.2) is 18.8 Å². The van der Waals surface area contributed by atoms with Crippen LogP contribution in [0.3, 0.4) is 0 Å². The van der Waals surface area contributed by atoms with E-state index in [-0.39, 0.29) is 0 Å². The molecule has 28 heavy (non-hydrogen) atoms. The maximum Gasteiger partial charge on any atom is 0.119 e. The number of hydrogen-bond donors (Lipinski definition) is 0. The van der Waals surface area contributed by atoms with Crippen molar-refractivity contribution >= 4 is 27.4 Å². The molecule has 0 fully saturated rings. The van der Waals surface area contributed by atoms with Gasteiger partial charge in [0.2, 0.25) is 0 Å². The molecule has 0 spiro atoms. The smallest absolute Gasteiger partial charge is 0.119 e. The number of ether oxygens (including phenoxy) is 1. The van der Waals surface area contributed by atoms with Crippen molar-refractivity contribution in [1.29, 1.82) is 0 Å². The van der Waals surface area contributed by atoms with E-state index in [4.69, 9.17) is 4.74 Å². The summed E-state index contributed by atoms with van der Waals surface area (Å²) in [6, 6.07) is 1.51. The number of halogens is 1. The van der Waals surface area contributed by atoms with Crippen LogP contribution in [0, 0.1) is 0 Å². The first kappa shape index (κ1) is 28.6. The third kappa shape index (κ3) is 26.6. The molecule has 0 rings (SSSR count). The molecule has 0 amide bonds. The molecule has 0 aliphatic rings. The molecular formula is C25H51IOSi. The van der Waals surface area contributed by atoms with Crippen LogP contribution < -0.4 is 0 Å². The van der Waals surface area contributed by atoms with Gasteiger partial charge in [0.1, 0.15) is 5.57 Å². The average molecular weight is 523 g/mol. The van der Waals surface area contributed by atoms with Gasteiger partial charge in [0.15, 0.2) is 0 Å². The van der Waals surface area contributed by atoms with Gasteiger partial charge in [-0.2, -0.15) is 0 Å². The summed E-state index contributed by atoms with van der Waals surface area (Å²) in [5.74, 6) is 0. The lowest BCUT2D eigenvalue weighted by atomic mass is 10.0. The Morgan fingerprint density at radius 3 is 1.29 bits per heavy atom. The Balaban J connectivity index is 3.04. The molecule has 0 aliphatic heterocycles. The molecule has 0 aromatic rings. The fourth-order valence-electron chi connectivity index (χ4n) is 3.65. The van der Waals surface area contributed by atoms with Crippen LogP contribution in [0.4, 0.5) is 0 Å². The highest BCUT2D eigenvalue weighted by atomic mass is 127. The Hall–Kier alpha value is 0.647. The molecule has 0 N–H and O–H groups in total. The van der Waals surface area contributed by atoms with Gasteiger partial charge < -0.3 is 4.74 Å². The van der Waals surface area contributed by atoms with E-state index in [9.17, 15) is 0 Å². The normalized spacial score (nSPS) is 11.9. The SMILES string of the molecule is C=C(C)COCCCCCCCCCCCCCCCCCCC[Si](C)(C)I. The first-order valence-corrected chi connectivity index (χ1v) is 18.6. The summed E-state index contributed by atoms with van der Waals surface area (Å²) in [6.45, 7) is 12.5. The van der Waals surface area contributed by atoms with Gasteiger partial charge in [-0.1, -0.05) is 128 Å². The van der Waals surface area contributed by atoms with Gasteiger partial charge >= 0.3 is 0 Å². The quantitative estimate of drug-likeness (QED) is 0.0452. The van der Waals surface area contributed by atoms with Crippen molar-refractivity contribution in [2.24, 2.45) is 0 Å². The van der Waals surface area contributed by atoms with E-state index in [1.165, 1.54) is 115 Å². The summed E-state index contributed by atoms with van der Waals surface area (Å²) in [6.07, 6.45) is 24.4. The van der Waals surface area contributed by atoms with Crippen LogP contribution >= 0.6 is 21.8 Å². The predicted molar refractivity (Wildman–Crippen MR) is 140 cm³/mol. The topological polar surface area (TPSA) is 9.23 Å². The molecule has 168 valence electrons. The van der Waals surface area contributed by atoms with Gasteiger partial charge in [-0.15, -0.1) is 21.8 Å². The van der Waals surface area contributed by atoms with Gasteiger partial charge in [0.05, 0.1) is 6.61 Å². The Bertz CT molecular complexity index is 338. The fraction of sp³-hybridized carbons (Fsp3) is 0.920. The Labute approximate surface area is 192 Å². The van der Waals surface area contributed by atoms with Gasteiger partial charge in [0, 0.05) is 6.61 Å². The largest absolute Gasteiger partial charge is 0.377 e. The summed E-state index contributed by atoms with van der Waals surface area (Å²) in [5.41, 5.74) is 0.317. The van der Waals surface area contributed by atoms with E-state index >= 15 is 0 Å². The monoisotopic (exact) mass is 522 g/mol. The van der Waals surface area contributed by atoms with Crippen LogP contribution in [0.1, 0.15) is 116 Å². The molecule has 0 aromatic carbocycles. The van der Waals surface area contributed by atoms with E-state index in [1.54, 1.807) is 0 Å². The van der Waals surface area contributed by atoms with Crippen molar-refractivity contribution in [2.45, 2.75) is 135 Å². The third-order valence-electron chi connectivity index (χ3n) is 5.41. The van der Waals surface area contributed by atoms with Crippen LogP contribution in [-0.2, 0) is 4.74 Å². The predicted octanol–water partition coefficient (Wildman–Crippen LogP) is 9.85. The zero-order valence-corrected chi connectivity index (χ0v) is 22.8. The Morgan fingerprint density at radius 1 is 0.643 bits per heavy atom. The van der Waals surface area contributed by atoms with Crippen LogP contribution in [0.15, 0.2) is 12.2 Å². The highest BCUT2D eigenvalue weighted by Crippen LogP contribution is 2.22. The third-order valence-corrected chi connectivity index (χ3v) is 8.57. The zero-order valence-electron chi connectivity index (χ0n) is 19.6. The van der Waals surface area contributed by atoms with E-state index in [0.717, 1.165) is 18.8 Å². The minimum atomic E-state index is -0.811. The summed E-state index contributed by atoms with van der Waals surface area (Å²) in [5, 5.41) is 0. The van der Waals surface area contributed by atoms with E-state index in [2.05, 4.69) is 41.5 Å². The second-order valence-corrected chi connectivity index (χ2v) is 22.2. The van der Waals surface area contributed by atoms with Crippen molar-refractivity contribution in [2.75, 3.05) is 13.2 Å². The summed E-state index contributed by atoms with van der Waals surface area (Å²) in [7, 11) is 0. The highest BCUT2D eigenvalue weighted by molar-refractivity contribution is 14.1. The lowest BCUT2D eigenvalue weighted by Crippen LogP contribution is -2.13. The van der Waals surface area contributed by atoms with Gasteiger partial charge in [-0.25, -0.2) is 0 Å². The van der Waals surface area contributed by atoms with Crippen molar-refractivity contribution in [1.82, 2.24) is 0 Å². The maximum atomic E-state index is 5.54. The zero-order chi connectivity index (χ0) is 20.9. The molecule has 0 saturated heterocycles. The summed E-state index contributed by atoms with van der Waals surface area (Å²) < 4.78 is 5.54. The van der Waals surface area contributed by atoms with Crippen molar-refractivity contribution in [3.8, 4) is 0 Å². The molecule has 0 radical (unpaired) electrons. The number of unbranched alkanes of at least 4 members (excludes halogenated alkanes) is 16.